The van der Waals surface area contributed by atoms with Gasteiger partial charge in [0.1, 0.15) is 12.5 Å². The summed E-state index contributed by atoms with van der Waals surface area (Å²) < 4.78 is 33.9. The first-order valence-electron chi connectivity index (χ1n) is 9.97. The Labute approximate surface area is 176 Å². The lowest BCUT2D eigenvalue weighted by Gasteiger charge is -2.25. The van der Waals surface area contributed by atoms with E-state index in [-0.39, 0.29) is 29.2 Å². The van der Waals surface area contributed by atoms with E-state index >= 15 is 0 Å². The second kappa shape index (κ2) is 8.75. The summed E-state index contributed by atoms with van der Waals surface area (Å²) in [4.78, 5) is 31.8. The molecule has 1 N–H and O–H groups in total. The SMILES string of the molecule is Cc1cc(-c2nc(C(=O)Nc3cn([C@H]4CC[C@H](C=O)CC4)nc3C(F)F)co2)ccn1. The molecule has 0 aliphatic heterocycles. The number of hydrogen-bond acceptors (Lipinski definition) is 6. The van der Waals surface area contributed by atoms with Gasteiger partial charge in [-0.15, -0.1) is 0 Å². The number of alkyl halides is 2. The molecule has 31 heavy (non-hydrogen) atoms. The largest absolute Gasteiger partial charge is 0.444 e. The molecule has 1 aliphatic carbocycles. The standard InChI is InChI=1S/C21H21F2N5O3/c1-12-8-14(6-7-24-12)21-26-17(11-31-21)20(30)25-16-9-28(27-18(16)19(22)23)15-4-2-13(10-29)3-5-15/h6-11,13,15,19H,2-5H2,1H3,(H,25,30)/t13-,15-. The van der Waals surface area contributed by atoms with E-state index in [9.17, 15) is 18.4 Å². The Morgan fingerprint density at radius 1 is 1.32 bits per heavy atom. The molecular formula is C21H21F2N5O3. The van der Waals surface area contributed by atoms with Crippen LogP contribution in [0.15, 0.2) is 35.2 Å². The van der Waals surface area contributed by atoms with Crippen molar-refractivity contribution in [2.24, 2.45) is 5.92 Å². The molecule has 1 aliphatic rings. The fourth-order valence-electron chi connectivity index (χ4n) is 3.73. The molecule has 0 aromatic carbocycles. The number of pyridine rings is 1. The highest BCUT2D eigenvalue weighted by Crippen LogP contribution is 2.34. The van der Waals surface area contributed by atoms with E-state index < -0.39 is 18.0 Å². The van der Waals surface area contributed by atoms with Crippen LogP contribution in [0.4, 0.5) is 14.5 Å². The Hall–Kier alpha value is -3.43. The quantitative estimate of drug-likeness (QED) is 0.584. The zero-order chi connectivity index (χ0) is 22.0. The fourth-order valence-corrected chi connectivity index (χ4v) is 3.73. The maximum Gasteiger partial charge on any atom is 0.284 e. The monoisotopic (exact) mass is 429 g/mol. The van der Waals surface area contributed by atoms with Gasteiger partial charge in [0.05, 0.1) is 11.7 Å². The smallest absolute Gasteiger partial charge is 0.284 e. The number of hydrogen-bond donors (Lipinski definition) is 1. The van der Waals surface area contributed by atoms with Crippen LogP contribution in [-0.2, 0) is 4.79 Å². The fraction of sp³-hybridized carbons (Fsp3) is 0.381. The zero-order valence-electron chi connectivity index (χ0n) is 16.8. The predicted octanol–water partition coefficient (Wildman–Crippen LogP) is 4.36. The average Bonchev–Trinajstić information content (AvgIpc) is 3.42. The summed E-state index contributed by atoms with van der Waals surface area (Å²) in [6.45, 7) is 1.81. The Bertz CT molecular complexity index is 1090. The topological polar surface area (TPSA) is 103 Å². The lowest BCUT2D eigenvalue weighted by atomic mass is 9.87. The normalized spacial score (nSPS) is 18.8. The first-order valence-corrected chi connectivity index (χ1v) is 9.97. The number of aromatic nitrogens is 4. The van der Waals surface area contributed by atoms with Gasteiger partial charge in [0.25, 0.3) is 12.3 Å². The van der Waals surface area contributed by atoms with Gasteiger partial charge in [-0.25, -0.2) is 13.8 Å². The van der Waals surface area contributed by atoms with Crippen LogP contribution in [-0.4, -0.2) is 31.9 Å². The summed E-state index contributed by atoms with van der Waals surface area (Å²) in [6.07, 6.45) is 4.99. The van der Waals surface area contributed by atoms with Crippen molar-refractivity contribution in [3.8, 4) is 11.5 Å². The Morgan fingerprint density at radius 2 is 2.10 bits per heavy atom. The molecule has 3 aromatic heterocycles. The van der Waals surface area contributed by atoms with E-state index in [1.165, 1.54) is 17.1 Å². The van der Waals surface area contributed by atoms with Gasteiger partial charge < -0.3 is 14.5 Å². The van der Waals surface area contributed by atoms with Crippen LogP contribution in [0.25, 0.3) is 11.5 Å². The first kappa shape index (κ1) is 20.8. The predicted molar refractivity (Wildman–Crippen MR) is 107 cm³/mol. The van der Waals surface area contributed by atoms with Crippen LogP contribution < -0.4 is 5.32 Å². The summed E-state index contributed by atoms with van der Waals surface area (Å²) in [5, 5.41) is 6.48. The van der Waals surface area contributed by atoms with Gasteiger partial charge in [0.15, 0.2) is 11.4 Å². The number of nitrogens with one attached hydrogen (secondary N) is 1. The van der Waals surface area contributed by atoms with Crippen molar-refractivity contribution in [3.05, 3.63) is 47.9 Å². The lowest BCUT2D eigenvalue weighted by molar-refractivity contribution is -0.112. The number of oxazole rings is 1. The van der Waals surface area contributed by atoms with Gasteiger partial charge in [-0.3, -0.25) is 14.5 Å². The van der Waals surface area contributed by atoms with Crippen LogP contribution in [0.3, 0.4) is 0 Å². The van der Waals surface area contributed by atoms with E-state index in [1.807, 2.05) is 6.92 Å². The Balaban J connectivity index is 1.51. The third-order valence-corrected chi connectivity index (χ3v) is 5.40. The molecule has 4 rings (SSSR count). The van der Waals surface area contributed by atoms with E-state index in [0.717, 1.165) is 12.0 Å². The molecule has 0 radical (unpaired) electrons. The maximum absolute atomic E-state index is 13.5. The summed E-state index contributed by atoms with van der Waals surface area (Å²) in [7, 11) is 0. The van der Waals surface area contributed by atoms with Crippen LogP contribution in [0.2, 0.25) is 0 Å². The van der Waals surface area contributed by atoms with E-state index in [4.69, 9.17) is 4.42 Å². The van der Waals surface area contributed by atoms with Crippen molar-refractivity contribution in [2.75, 3.05) is 5.32 Å². The Morgan fingerprint density at radius 3 is 2.77 bits per heavy atom. The number of anilines is 1. The van der Waals surface area contributed by atoms with Crippen molar-refractivity contribution in [1.29, 1.82) is 0 Å². The molecule has 0 saturated heterocycles. The number of rotatable bonds is 6. The number of aldehydes is 1. The number of aryl methyl sites for hydroxylation is 1. The Kier molecular flexibility index (Phi) is 5.88. The number of amides is 1. The number of carbonyl (C=O) groups excluding carboxylic acids is 2. The molecule has 1 saturated carbocycles. The highest BCUT2D eigenvalue weighted by Gasteiger charge is 2.27. The number of nitrogens with zero attached hydrogens (tertiary/aromatic N) is 4. The molecule has 162 valence electrons. The summed E-state index contributed by atoms with van der Waals surface area (Å²) in [6, 6.07) is 3.36. The average molecular weight is 429 g/mol. The van der Waals surface area contributed by atoms with E-state index in [0.29, 0.717) is 31.2 Å². The van der Waals surface area contributed by atoms with Crippen LogP contribution in [0, 0.1) is 12.8 Å². The van der Waals surface area contributed by atoms with Gasteiger partial charge in [-0.05, 0) is 44.7 Å². The molecule has 0 unspecified atom stereocenters. The van der Waals surface area contributed by atoms with Crippen molar-refractivity contribution in [2.45, 2.75) is 45.1 Å². The van der Waals surface area contributed by atoms with Crippen molar-refractivity contribution in [1.82, 2.24) is 19.7 Å². The third kappa shape index (κ3) is 4.52. The lowest BCUT2D eigenvalue weighted by Crippen LogP contribution is -2.19. The zero-order valence-corrected chi connectivity index (χ0v) is 16.8. The molecule has 3 heterocycles. The van der Waals surface area contributed by atoms with Crippen LogP contribution >= 0.6 is 0 Å². The minimum atomic E-state index is -2.85. The minimum Gasteiger partial charge on any atom is -0.444 e. The molecule has 3 aromatic rings. The van der Waals surface area contributed by atoms with Gasteiger partial charge in [-0.2, -0.15) is 5.10 Å². The highest BCUT2D eigenvalue weighted by molar-refractivity contribution is 6.03. The minimum absolute atomic E-state index is 0.00565. The summed E-state index contributed by atoms with van der Waals surface area (Å²) in [5.74, 6) is -0.439. The second-order valence-corrected chi connectivity index (χ2v) is 7.59. The number of carbonyl (C=O) groups is 2. The van der Waals surface area contributed by atoms with Gasteiger partial charge in [-0.1, -0.05) is 0 Å². The van der Waals surface area contributed by atoms with Crippen molar-refractivity contribution < 1.29 is 22.8 Å². The van der Waals surface area contributed by atoms with Gasteiger partial charge in [0.2, 0.25) is 5.89 Å². The number of halogens is 2. The van der Waals surface area contributed by atoms with Crippen LogP contribution in [0.5, 0.6) is 0 Å². The molecule has 0 atom stereocenters. The molecule has 0 spiro atoms. The van der Waals surface area contributed by atoms with Crippen molar-refractivity contribution >= 4 is 17.9 Å². The third-order valence-electron chi connectivity index (χ3n) is 5.40. The van der Waals surface area contributed by atoms with E-state index in [1.54, 1.807) is 18.3 Å². The molecular weight excluding hydrogens is 408 g/mol. The molecule has 0 bridgehead atoms. The summed E-state index contributed by atoms with van der Waals surface area (Å²) in [5.41, 5.74) is 0.807. The molecule has 1 fully saturated rings. The van der Waals surface area contributed by atoms with Crippen LogP contribution in [0.1, 0.15) is 60.0 Å². The molecule has 1 amide bonds. The van der Waals surface area contributed by atoms with E-state index in [2.05, 4.69) is 20.4 Å². The highest BCUT2D eigenvalue weighted by atomic mass is 19.3. The summed E-state index contributed by atoms with van der Waals surface area (Å²) >= 11 is 0. The maximum atomic E-state index is 13.5. The van der Waals surface area contributed by atoms with Crippen molar-refractivity contribution in [3.63, 3.8) is 0 Å². The van der Waals surface area contributed by atoms with Gasteiger partial charge in [0, 0.05) is 29.6 Å². The van der Waals surface area contributed by atoms with Gasteiger partial charge >= 0.3 is 0 Å². The first-order chi connectivity index (χ1) is 14.9. The second-order valence-electron chi connectivity index (χ2n) is 7.59. The molecule has 8 nitrogen and oxygen atoms in total. The molecule has 10 heteroatoms.